The van der Waals surface area contributed by atoms with Gasteiger partial charge in [-0.05, 0) is 33.3 Å². The van der Waals surface area contributed by atoms with Gasteiger partial charge in [0, 0.05) is 18.6 Å². The van der Waals surface area contributed by atoms with Gasteiger partial charge in [-0.2, -0.15) is 4.39 Å². The summed E-state index contributed by atoms with van der Waals surface area (Å²) in [5.74, 6) is -1.10. The van der Waals surface area contributed by atoms with Gasteiger partial charge in [-0.15, -0.1) is 0 Å². The Morgan fingerprint density at radius 1 is 1.38 bits per heavy atom. The molecule has 6 nitrogen and oxygen atoms in total. The third-order valence-corrected chi connectivity index (χ3v) is 2.33. The van der Waals surface area contributed by atoms with Gasteiger partial charge in [-0.3, -0.25) is 14.9 Å². The molecule has 0 aliphatic rings. The molecule has 1 aromatic carbocycles. The number of hydrogen-bond donors (Lipinski definition) is 0. The zero-order valence-electron chi connectivity index (χ0n) is 12.2. The summed E-state index contributed by atoms with van der Waals surface area (Å²) in [7, 11) is 0. The van der Waals surface area contributed by atoms with Crippen LogP contribution in [0.25, 0.3) is 0 Å². The van der Waals surface area contributed by atoms with E-state index in [2.05, 4.69) is 0 Å². The van der Waals surface area contributed by atoms with Gasteiger partial charge in [0.2, 0.25) is 5.82 Å². The summed E-state index contributed by atoms with van der Waals surface area (Å²) in [6.45, 7) is 5.53. The second-order valence-electron chi connectivity index (χ2n) is 5.41. The largest absolute Gasteiger partial charge is 0.493 e. The molecule has 0 amide bonds. The minimum absolute atomic E-state index is 0.183. The summed E-state index contributed by atoms with van der Waals surface area (Å²) < 4.78 is 23.7. The van der Waals surface area contributed by atoms with Crippen molar-refractivity contribution in [2.75, 3.05) is 6.61 Å². The van der Waals surface area contributed by atoms with E-state index in [0.29, 0.717) is 6.42 Å². The molecule has 0 heterocycles. The van der Waals surface area contributed by atoms with Gasteiger partial charge in [0.05, 0.1) is 11.5 Å². The smallest absolute Gasteiger partial charge is 0.306 e. The number of hydrogen-bond acceptors (Lipinski definition) is 5. The van der Waals surface area contributed by atoms with Gasteiger partial charge < -0.3 is 9.47 Å². The van der Waals surface area contributed by atoms with Crippen molar-refractivity contribution in [2.24, 2.45) is 0 Å². The first-order chi connectivity index (χ1) is 9.69. The Balaban J connectivity index is 2.38. The first kappa shape index (κ1) is 16.9. The molecular weight excluding hydrogens is 281 g/mol. The van der Waals surface area contributed by atoms with Crippen LogP contribution in [-0.2, 0) is 9.53 Å². The Morgan fingerprint density at radius 2 is 2.05 bits per heavy atom. The number of rotatable bonds is 6. The van der Waals surface area contributed by atoms with E-state index in [1.807, 2.05) is 0 Å². The standard InChI is InChI=1S/C14H18FNO5/c1-14(2,3)21-13(17)5-4-8-20-10-6-7-12(16(18)19)11(15)9-10/h6-7,9H,4-5,8H2,1-3H3. The summed E-state index contributed by atoms with van der Waals surface area (Å²) in [6, 6.07) is 3.30. The van der Waals surface area contributed by atoms with Crippen LogP contribution in [0, 0.1) is 15.9 Å². The van der Waals surface area contributed by atoms with Crippen molar-refractivity contribution in [1.82, 2.24) is 0 Å². The molecule has 0 aromatic heterocycles. The lowest BCUT2D eigenvalue weighted by atomic mass is 10.2. The number of esters is 1. The average molecular weight is 299 g/mol. The minimum atomic E-state index is -0.954. The molecule has 116 valence electrons. The number of benzene rings is 1. The zero-order valence-corrected chi connectivity index (χ0v) is 12.2. The first-order valence-electron chi connectivity index (χ1n) is 6.47. The average Bonchev–Trinajstić information content (AvgIpc) is 2.32. The fourth-order valence-electron chi connectivity index (χ4n) is 1.52. The molecule has 7 heteroatoms. The van der Waals surface area contributed by atoms with Gasteiger partial charge in [-0.1, -0.05) is 0 Å². The molecule has 0 radical (unpaired) electrons. The molecule has 0 saturated heterocycles. The molecule has 0 fully saturated rings. The molecule has 0 atom stereocenters. The van der Waals surface area contributed by atoms with Crippen molar-refractivity contribution in [3.8, 4) is 5.75 Å². The lowest BCUT2D eigenvalue weighted by Crippen LogP contribution is -2.23. The maximum atomic E-state index is 13.3. The number of ether oxygens (including phenoxy) is 2. The van der Waals surface area contributed by atoms with Crippen LogP contribution in [0.3, 0.4) is 0 Å². The molecule has 0 spiro atoms. The molecule has 0 bridgehead atoms. The summed E-state index contributed by atoms with van der Waals surface area (Å²) in [5, 5.41) is 10.5. The van der Waals surface area contributed by atoms with E-state index in [1.165, 1.54) is 6.07 Å². The van der Waals surface area contributed by atoms with Crippen LogP contribution in [0.5, 0.6) is 5.75 Å². The second-order valence-corrected chi connectivity index (χ2v) is 5.41. The number of nitro benzene ring substituents is 1. The van der Waals surface area contributed by atoms with E-state index in [4.69, 9.17) is 9.47 Å². The van der Waals surface area contributed by atoms with Crippen LogP contribution in [-0.4, -0.2) is 23.1 Å². The van der Waals surface area contributed by atoms with Crippen LogP contribution < -0.4 is 4.74 Å². The van der Waals surface area contributed by atoms with E-state index in [-0.39, 0.29) is 24.7 Å². The Morgan fingerprint density at radius 3 is 2.57 bits per heavy atom. The summed E-state index contributed by atoms with van der Waals surface area (Å²) >= 11 is 0. The van der Waals surface area contributed by atoms with E-state index in [1.54, 1.807) is 20.8 Å². The normalized spacial score (nSPS) is 11.0. The monoisotopic (exact) mass is 299 g/mol. The van der Waals surface area contributed by atoms with Crippen molar-refractivity contribution < 1.29 is 23.6 Å². The molecule has 1 rings (SSSR count). The number of carbonyl (C=O) groups excluding carboxylic acids is 1. The molecule has 1 aromatic rings. The van der Waals surface area contributed by atoms with Crippen LogP contribution in [0.15, 0.2) is 18.2 Å². The van der Waals surface area contributed by atoms with Crippen LogP contribution in [0.4, 0.5) is 10.1 Å². The van der Waals surface area contributed by atoms with E-state index >= 15 is 0 Å². The van der Waals surface area contributed by atoms with Crippen molar-refractivity contribution in [3.63, 3.8) is 0 Å². The topological polar surface area (TPSA) is 78.7 Å². The van der Waals surface area contributed by atoms with Crippen LogP contribution in [0.2, 0.25) is 0 Å². The van der Waals surface area contributed by atoms with Gasteiger partial charge in [-0.25, -0.2) is 0 Å². The fourth-order valence-corrected chi connectivity index (χ4v) is 1.52. The number of halogens is 1. The minimum Gasteiger partial charge on any atom is -0.493 e. The molecule has 0 aliphatic carbocycles. The number of nitro groups is 1. The molecule has 0 aliphatic heterocycles. The molecule has 21 heavy (non-hydrogen) atoms. The van der Waals surface area contributed by atoms with E-state index in [0.717, 1.165) is 12.1 Å². The Hall–Kier alpha value is -2.18. The highest BCUT2D eigenvalue weighted by molar-refractivity contribution is 5.69. The third-order valence-electron chi connectivity index (χ3n) is 2.33. The van der Waals surface area contributed by atoms with Crippen molar-refractivity contribution in [1.29, 1.82) is 0 Å². The zero-order chi connectivity index (χ0) is 16.0. The number of nitrogens with zero attached hydrogens (tertiary/aromatic N) is 1. The summed E-state index contributed by atoms with van der Waals surface area (Å²) in [5.41, 5.74) is -1.13. The maximum absolute atomic E-state index is 13.3. The highest BCUT2D eigenvalue weighted by Gasteiger charge is 2.16. The van der Waals surface area contributed by atoms with Crippen LogP contribution in [0.1, 0.15) is 33.6 Å². The molecular formula is C14H18FNO5. The SMILES string of the molecule is CC(C)(C)OC(=O)CCCOc1ccc([N+](=O)[O-])c(F)c1. The van der Waals surface area contributed by atoms with Gasteiger partial charge in [0.25, 0.3) is 0 Å². The highest BCUT2D eigenvalue weighted by Crippen LogP contribution is 2.22. The second kappa shape index (κ2) is 7.01. The van der Waals surface area contributed by atoms with Gasteiger partial charge >= 0.3 is 11.7 Å². The quantitative estimate of drug-likeness (QED) is 0.349. The Bertz CT molecular complexity index is 525. The van der Waals surface area contributed by atoms with Crippen LogP contribution >= 0.6 is 0 Å². The highest BCUT2D eigenvalue weighted by atomic mass is 19.1. The Kier molecular flexibility index (Phi) is 5.63. The first-order valence-corrected chi connectivity index (χ1v) is 6.47. The lowest BCUT2D eigenvalue weighted by molar-refractivity contribution is -0.387. The Labute approximate surface area is 122 Å². The molecule has 0 N–H and O–H groups in total. The number of carbonyl (C=O) groups is 1. The van der Waals surface area contributed by atoms with Gasteiger partial charge in [0.1, 0.15) is 11.4 Å². The van der Waals surface area contributed by atoms with E-state index < -0.39 is 22.0 Å². The summed E-state index contributed by atoms with van der Waals surface area (Å²) in [4.78, 5) is 21.1. The van der Waals surface area contributed by atoms with E-state index in [9.17, 15) is 19.3 Å². The summed E-state index contributed by atoms with van der Waals surface area (Å²) in [6.07, 6.45) is 0.597. The van der Waals surface area contributed by atoms with Crippen molar-refractivity contribution >= 4 is 11.7 Å². The lowest BCUT2D eigenvalue weighted by Gasteiger charge is -2.19. The maximum Gasteiger partial charge on any atom is 0.306 e. The van der Waals surface area contributed by atoms with Gasteiger partial charge in [0.15, 0.2) is 0 Å². The predicted octanol–water partition coefficient (Wildman–Crippen LogP) is 3.23. The van der Waals surface area contributed by atoms with Crippen molar-refractivity contribution in [2.45, 2.75) is 39.2 Å². The third kappa shape index (κ3) is 6.20. The van der Waals surface area contributed by atoms with Crippen molar-refractivity contribution in [3.05, 3.63) is 34.1 Å². The predicted molar refractivity (Wildman–Crippen MR) is 73.6 cm³/mol. The molecule has 0 unspecified atom stereocenters. The fraction of sp³-hybridized carbons (Fsp3) is 0.500. The molecule has 0 saturated carbocycles.